The van der Waals surface area contributed by atoms with Crippen molar-refractivity contribution in [1.29, 1.82) is 0 Å². The van der Waals surface area contributed by atoms with Crippen molar-refractivity contribution in [3.63, 3.8) is 0 Å². The molecule has 21 nitrogen and oxygen atoms in total. The molecule has 0 radical (unpaired) electrons. The predicted molar refractivity (Wildman–Crippen MR) is 436 cm³/mol. The Kier molecular flexibility index (Phi) is 29.8. The van der Waals surface area contributed by atoms with Gasteiger partial charge in [-0.3, -0.25) is 29.1 Å². The summed E-state index contributed by atoms with van der Waals surface area (Å²) < 4.78 is 51.5. The second-order valence-electron chi connectivity index (χ2n) is 33.8. The highest BCUT2D eigenvalue weighted by Gasteiger charge is 2.42. The zero-order chi connectivity index (χ0) is 78.7. The lowest BCUT2D eigenvalue weighted by Crippen LogP contribution is -2.36. The number of rotatable bonds is 30. The molecular weight excluding hydrogens is 1430 g/mol. The quantitative estimate of drug-likeness (QED) is 0.0229. The summed E-state index contributed by atoms with van der Waals surface area (Å²) in [6, 6.07) is 31.2. The number of nitrogens with one attached hydrogen (secondary N) is 3. The van der Waals surface area contributed by atoms with E-state index in [4.69, 9.17) is 43.4 Å². The van der Waals surface area contributed by atoms with E-state index in [2.05, 4.69) is 102 Å². The summed E-state index contributed by atoms with van der Waals surface area (Å²) in [7, 11) is 0. The number of hydrogen-bond acceptors (Lipinski definition) is 18. The molecule has 2 unspecified atom stereocenters. The van der Waals surface area contributed by atoms with Gasteiger partial charge in [-0.1, -0.05) is 72.8 Å². The zero-order valence-electron chi connectivity index (χ0n) is 67.4. The summed E-state index contributed by atoms with van der Waals surface area (Å²) >= 11 is 0. The van der Waals surface area contributed by atoms with Crippen LogP contribution in [0.2, 0.25) is 0 Å². The molecule has 0 aliphatic carbocycles. The van der Waals surface area contributed by atoms with E-state index in [0.717, 1.165) is 256 Å². The maximum atomic E-state index is 14.3. The Balaban J connectivity index is 0.000000148. The van der Waals surface area contributed by atoms with Gasteiger partial charge in [0.1, 0.15) is 41.4 Å². The maximum Gasteiger partial charge on any atom is 0.325 e. The number of likely N-dealkylation sites (tertiary alicyclic amines) is 3. The van der Waals surface area contributed by atoms with Gasteiger partial charge in [0.05, 0.1) is 47.8 Å². The molecule has 9 aliphatic heterocycles. The van der Waals surface area contributed by atoms with E-state index in [9.17, 15) is 34.1 Å². The molecule has 3 aromatic heterocycles. The zero-order valence-corrected chi connectivity index (χ0v) is 67.4. The van der Waals surface area contributed by atoms with Crippen LogP contribution in [-0.4, -0.2) is 178 Å². The topological polar surface area (TPSA) is 252 Å². The highest BCUT2D eigenvalue weighted by atomic mass is 19.1. The predicted octanol–water partition coefficient (Wildman–Crippen LogP) is 16.5. The lowest BCUT2D eigenvalue weighted by atomic mass is 9.88. The van der Waals surface area contributed by atoms with E-state index in [1.807, 2.05) is 41.3 Å². The summed E-state index contributed by atoms with van der Waals surface area (Å²) in [4.78, 5) is 57.9. The van der Waals surface area contributed by atoms with Crippen LogP contribution in [0.3, 0.4) is 0 Å². The summed E-state index contributed by atoms with van der Waals surface area (Å²) in [5, 5.41) is 41.0. The van der Waals surface area contributed by atoms with Gasteiger partial charge in [0, 0.05) is 102 Å². The second kappa shape index (κ2) is 40.4. The number of nitrogens with zero attached hydrogens (tertiary/aromatic N) is 6. The van der Waals surface area contributed by atoms with Crippen LogP contribution in [-0.2, 0) is 81.3 Å². The molecule has 9 atom stereocenters. The molecule has 113 heavy (non-hydrogen) atoms. The van der Waals surface area contributed by atoms with Gasteiger partial charge >= 0.3 is 17.9 Å². The fourth-order valence-electron chi connectivity index (χ4n) is 18.4. The SMILES string of the molecule is CC1(C)CCCC(c2ccccc2[C@@H](C(=O)O)N2CC[C@@H](OCCCCc3ccc4c(n3)NCCC4)C2)O1.CC1(C)CCCC(c2ccccc2[C@H](C(=O)O)N2CC[C@@H](OCCCCc3ccc4c(n3)NCCC4)C2)O1.O=C(O)[C@H](c1cc(F)ccc1[C@@H]1CCCCO1)N1CC[C@@H](OCCCCc2ccc3c(n2)NCCC3)C1. The number of anilines is 3. The number of pyridine rings is 3. The number of aryl methyl sites for hydroxylation is 6. The van der Waals surface area contributed by atoms with Gasteiger partial charge in [0.2, 0.25) is 0 Å². The first kappa shape index (κ1) is 83.4. The van der Waals surface area contributed by atoms with Crippen LogP contribution >= 0.6 is 0 Å². The Hall–Kier alpha value is -7.51. The first-order valence-corrected chi connectivity index (χ1v) is 42.7. The van der Waals surface area contributed by atoms with Gasteiger partial charge in [-0.15, -0.1) is 0 Å². The fraction of sp³-hybridized carbons (Fsp3) is 0.604. The van der Waals surface area contributed by atoms with Crippen molar-refractivity contribution in [2.45, 2.75) is 267 Å². The minimum atomic E-state index is -0.963. The van der Waals surface area contributed by atoms with E-state index in [1.165, 1.54) is 41.7 Å². The molecule has 22 heteroatoms. The number of carboxylic acids is 3. The Bertz CT molecular complexity index is 3930. The Morgan fingerprint density at radius 2 is 0.841 bits per heavy atom. The van der Waals surface area contributed by atoms with Crippen molar-refractivity contribution in [3.8, 4) is 0 Å². The van der Waals surface area contributed by atoms with Crippen LogP contribution in [0.5, 0.6) is 0 Å². The number of ether oxygens (including phenoxy) is 6. The molecule has 3 aromatic carbocycles. The van der Waals surface area contributed by atoms with Crippen molar-refractivity contribution >= 4 is 35.4 Å². The van der Waals surface area contributed by atoms with Crippen molar-refractivity contribution < 1.29 is 62.5 Å². The smallest absolute Gasteiger partial charge is 0.325 e. The molecule has 6 N–H and O–H groups in total. The van der Waals surface area contributed by atoms with Gasteiger partial charge in [-0.2, -0.15) is 0 Å². The normalized spacial score (nSPS) is 23.6. The molecular formula is C91H124FN9O12. The average molecular weight is 1560 g/mol. The van der Waals surface area contributed by atoms with Crippen molar-refractivity contribution in [3.05, 3.63) is 176 Å². The van der Waals surface area contributed by atoms with E-state index in [0.29, 0.717) is 58.2 Å². The van der Waals surface area contributed by atoms with Gasteiger partial charge in [-0.05, 0) is 281 Å². The number of fused-ring (bicyclic) bond motifs is 3. The lowest BCUT2D eigenvalue weighted by molar-refractivity contribution is -0.144. The maximum absolute atomic E-state index is 14.3. The Morgan fingerprint density at radius 3 is 1.22 bits per heavy atom. The summed E-state index contributed by atoms with van der Waals surface area (Å²) in [6.45, 7) is 18.0. The number of carbonyl (C=O) groups is 3. The van der Waals surface area contributed by atoms with E-state index < -0.39 is 41.9 Å². The molecule has 0 amide bonds. The van der Waals surface area contributed by atoms with Gasteiger partial charge in [0.25, 0.3) is 0 Å². The van der Waals surface area contributed by atoms with Crippen LogP contribution in [0.1, 0.15) is 266 Å². The van der Waals surface area contributed by atoms with E-state index in [1.54, 1.807) is 6.07 Å². The third-order valence-electron chi connectivity index (χ3n) is 24.3. The Labute approximate surface area is 668 Å². The summed E-state index contributed by atoms with van der Waals surface area (Å²) in [6.07, 6.45) is 26.8. The first-order chi connectivity index (χ1) is 54.9. The number of benzene rings is 3. The number of aliphatic carboxylic acids is 3. The van der Waals surface area contributed by atoms with Crippen LogP contribution in [0, 0.1) is 5.82 Å². The highest BCUT2D eigenvalue weighted by Crippen LogP contribution is 2.44. The number of carboxylic acid groups (broad SMARTS) is 3. The van der Waals surface area contributed by atoms with Gasteiger partial charge in [-0.25, -0.2) is 19.3 Å². The molecule has 12 heterocycles. The average Bonchev–Trinajstić information content (AvgIpc) is 1.78. The van der Waals surface area contributed by atoms with Crippen molar-refractivity contribution in [1.82, 2.24) is 29.7 Å². The molecule has 15 rings (SSSR count). The molecule has 0 bridgehead atoms. The fourth-order valence-corrected chi connectivity index (χ4v) is 18.4. The Morgan fingerprint density at radius 1 is 0.460 bits per heavy atom. The highest BCUT2D eigenvalue weighted by molar-refractivity contribution is 5.78. The molecule has 6 fully saturated rings. The standard InChI is InChI=1S/2C31H43N3O4.C29H38FN3O4/c2*1-31(2)17-7-13-27(38-31)25-11-3-4-12-26(25)28(30(35)36)34-19-16-24(21-34)37-20-6-5-10-23-15-14-22-9-8-18-32-29(22)33-23;30-21-10-12-24(26-8-2-4-17-37-26)25(18-21)27(29(34)35)33-15-13-23(19-33)36-16-3-1-7-22-11-9-20-6-5-14-31-28(20)32-22/h2*3-4,11-12,14-15,24,27-28H,5-10,13,16-21H2,1-2H3,(H,32,33)(H,35,36);9-12,18,23,26-27H,1-8,13-17,19H2,(H,31,32)(H,34,35)/t24-,27?,28+;24-,27?,28-;23-,26+,27+/m111/s1. The molecule has 6 aromatic rings. The molecule has 6 saturated heterocycles. The van der Waals surface area contributed by atoms with Crippen molar-refractivity contribution in [2.75, 3.05) is 101 Å². The minimum absolute atomic E-state index is 0.0177. The monoisotopic (exact) mass is 1550 g/mol. The molecule has 612 valence electrons. The minimum Gasteiger partial charge on any atom is -0.480 e. The second-order valence-corrected chi connectivity index (χ2v) is 33.8. The third kappa shape index (κ3) is 23.0. The first-order valence-electron chi connectivity index (χ1n) is 42.7. The number of halogens is 1. The molecule has 0 spiro atoms. The van der Waals surface area contributed by atoms with E-state index in [-0.39, 0.29) is 47.8 Å². The van der Waals surface area contributed by atoms with Crippen LogP contribution in [0.25, 0.3) is 0 Å². The van der Waals surface area contributed by atoms with E-state index >= 15 is 0 Å². The molecule has 0 saturated carbocycles. The number of aromatic nitrogens is 3. The summed E-state index contributed by atoms with van der Waals surface area (Å²) in [5.74, 6) is 0.164. The number of hydrogen-bond donors (Lipinski definition) is 6. The third-order valence-corrected chi connectivity index (χ3v) is 24.3. The largest absolute Gasteiger partial charge is 0.480 e. The number of unbranched alkanes of at least 4 members (excludes halogenated alkanes) is 3. The van der Waals surface area contributed by atoms with Crippen LogP contribution in [0.4, 0.5) is 21.8 Å². The van der Waals surface area contributed by atoms with Gasteiger partial charge in [0.15, 0.2) is 0 Å². The molecule has 9 aliphatic rings. The lowest BCUT2D eigenvalue weighted by Gasteiger charge is -2.38. The summed E-state index contributed by atoms with van der Waals surface area (Å²) in [5.41, 5.74) is 12.0. The van der Waals surface area contributed by atoms with Crippen LogP contribution < -0.4 is 16.0 Å². The van der Waals surface area contributed by atoms with Gasteiger partial charge < -0.3 is 59.7 Å². The van der Waals surface area contributed by atoms with Crippen molar-refractivity contribution in [2.24, 2.45) is 0 Å². The van der Waals surface area contributed by atoms with Crippen LogP contribution in [0.15, 0.2) is 103 Å².